The number of nitrogens with zero attached hydrogens (tertiary/aromatic N) is 4. The number of anilines is 2. The van der Waals surface area contributed by atoms with Gasteiger partial charge in [0.05, 0.1) is 57.2 Å². The number of halogens is 4. The summed E-state index contributed by atoms with van der Waals surface area (Å²) in [7, 11) is 2.58. The van der Waals surface area contributed by atoms with Crippen molar-refractivity contribution in [2.45, 2.75) is 13.1 Å². The van der Waals surface area contributed by atoms with Gasteiger partial charge in [-0.1, -0.05) is 35.3 Å². The van der Waals surface area contributed by atoms with E-state index in [2.05, 4.69) is 30.1 Å². The Kier molecular flexibility index (Phi) is 16.8. The molecule has 4 aromatic rings. The Morgan fingerprint density at radius 3 is 1.83 bits per heavy atom. The van der Waals surface area contributed by atoms with Gasteiger partial charge in [-0.15, -0.1) is 0 Å². The summed E-state index contributed by atoms with van der Waals surface area (Å²) in [6.45, 7) is 6.33. The fourth-order valence-corrected chi connectivity index (χ4v) is 5.21. The second kappa shape index (κ2) is 21.7. The van der Waals surface area contributed by atoms with Crippen LogP contribution < -0.4 is 15.5 Å². The van der Waals surface area contributed by atoms with Gasteiger partial charge in [-0.25, -0.2) is 33.1 Å². The smallest absolute Gasteiger partial charge is 0.356 e. The summed E-state index contributed by atoms with van der Waals surface area (Å²) >= 11 is 11.6. The Balaban J connectivity index is 0.000000216. The third-order valence-corrected chi connectivity index (χ3v) is 8.35. The molecular formula is C37H40Cl2F2N6O7. The van der Waals surface area contributed by atoms with Crippen LogP contribution >= 0.6 is 23.2 Å². The molecule has 2 aromatic heterocycles. The highest BCUT2D eigenvalue weighted by molar-refractivity contribution is 6.31. The van der Waals surface area contributed by atoms with Crippen LogP contribution in [0.2, 0.25) is 10.0 Å². The zero-order valence-corrected chi connectivity index (χ0v) is 31.2. The van der Waals surface area contributed by atoms with Gasteiger partial charge in [0.2, 0.25) is 0 Å². The number of nitrogens with one attached hydrogen (secondary N) is 2. The fourth-order valence-electron chi connectivity index (χ4n) is 4.85. The van der Waals surface area contributed by atoms with Crippen molar-refractivity contribution in [3.05, 3.63) is 117 Å². The predicted molar refractivity (Wildman–Crippen MR) is 199 cm³/mol. The van der Waals surface area contributed by atoms with Crippen molar-refractivity contribution in [3.8, 4) is 0 Å². The molecule has 54 heavy (non-hydrogen) atoms. The Labute approximate surface area is 321 Å². The predicted octanol–water partition coefficient (Wildman–Crippen LogP) is 6.00. The number of amides is 2. The minimum atomic E-state index is -0.562. The summed E-state index contributed by atoms with van der Waals surface area (Å²) in [5.41, 5.74) is 3.14. The molecule has 6 rings (SSSR count). The van der Waals surface area contributed by atoms with Crippen LogP contribution in [0.5, 0.6) is 0 Å². The van der Waals surface area contributed by atoms with E-state index in [4.69, 9.17) is 32.7 Å². The van der Waals surface area contributed by atoms with Crippen LogP contribution in [-0.2, 0) is 32.0 Å². The standard InChI is InChI=1S/C19H19ClFN3O4.C14H12ClFN2O2.C4H9NO/c1-27-18(25)17-5-2-13(11-22-17)12-24(14-3-4-16(21)15(20)10-14)19(26)23-6-8-28-9-7-23;1-20-14(19)13-5-2-9(8-18-13)7-17-10-3-4-12(16)11(15)6-10;1-3-6-4-2-5-1/h2-5,10-11H,6-9,12H2,1H3;2-6,8,17H,7H2,1H3;5H,1-4H2. The number of aromatic nitrogens is 2. The average molecular weight is 790 g/mol. The summed E-state index contributed by atoms with van der Waals surface area (Å²) < 4.78 is 46.1. The third kappa shape index (κ3) is 12.9. The van der Waals surface area contributed by atoms with Crippen LogP contribution in [0.25, 0.3) is 0 Å². The molecule has 0 bridgehead atoms. The van der Waals surface area contributed by atoms with E-state index in [0.29, 0.717) is 49.8 Å². The Bertz CT molecular complexity index is 1820. The highest BCUT2D eigenvalue weighted by Gasteiger charge is 2.25. The van der Waals surface area contributed by atoms with Crippen LogP contribution in [0, 0.1) is 11.6 Å². The van der Waals surface area contributed by atoms with Crippen molar-refractivity contribution in [3.63, 3.8) is 0 Å². The molecule has 0 aliphatic carbocycles. The molecule has 17 heteroatoms. The molecule has 2 aromatic carbocycles. The summed E-state index contributed by atoms with van der Waals surface area (Å²) in [5.74, 6) is -2.04. The van der Waals surface area contributed by atoms with Crippen LogP contribution in [0.3, 0.4) is 0 Å². The molecule has 2 amide bonds. The van der Waals surface area contributed by atoms with Gasteiger partial charge in [0.1, 0.15) is 23.0 Å². The van der Waals surface area contributed by atoms with E-state index in [-0.39, 0.29) is 34.0 Å². The normalized spacial score (nSPS) is 13.6. The van der Waals surface area contributed by atoms with Crippen molar-refractivity contribution >= 4 is 52.5 Å². The van der Waals surface area contributed by atoms with E-state index >= 15 is 0 Å². The quantitative estimate of drug-likeness (QED) is 0.203. The first-order valence-electron chi connectivity index (χ1n) is 16.7. The molecule has 0 spiro atoms. The number of urea groups is 1. The number of pyridine rings is 2. The molecule has 0 unspecified atom stereocenters. The summed E-state index contributed by atoms with van der Waals surface area (Å²) in [6.07, 6.45) is 3.07. The second-order valence-electron chi connectivity index (χ2n) is 11.5. The molecule has 13 nitrogen and oxygen atoms in total. The number of carbonyl (C=O) groups is 3. The van der Waals surface area contributed by atoms with Gasteiger partial charge in [-0.3, -0.25) is 4.90 Å². The molecule has 2 aliphatic rings. The lowest BCUT2D eigenvalue weighted by atomic mass is 10.2. The molecule has 2 saturated heterocycles. The van der Waals surface area contributed by atoms with E-state index in [1.165, 1.54) is 61.7 Å². The molecule has 2 aliphatic heterocycles. The van der Waals surface area contributed by atoms with Gasteiger partial charge < -0.3 is 34.5 Å². The average Bonchev–Trinajstić information content (AvgIpc) is 3.22. The van der Waals surface area contributed by atoms with Crippen molar-refractivity contribution < 1.29 is 42.1 Å². The van der Waals surface area contributed by atoms with E-state index in [1.54, 1.807) is 35.4 Å². The molecule has 0 radical (unpaired) electrons. The molecule has 4 heterocycles. The number of hydrogen-bond donors (Lipinski definition) is 2. The number of ether oxygens (including phenoxy) is 4. The summed E-state index contributed by atoms with van der Waals surface area (Å²) in [6, 6.07) is 14.8. The first-order chi connectivity index (χ1) is 26.1. The minimum Gasteiger partial charge on any atom is -0.464 e. The van der Waals surface area contributed by atoms with Crippen LogP contribution in [0.1, 0.15) is 32.1 Å². The van der Waals surface area contributed by atoms with Gasteiger partial charge in [-0.2, -0.15) is 0 Å². The number of rotatable bonds is 8. The van der Waals surface area contributed by atoms with Crippen molar-refractivity contribution in [1.29, 1.82) is 0 Å². The van der Waals surface area contributed by atoms with Crippen LogP contribution in [0.15, 0.2) is 73.1 Å². The SMILES string of the molecule is C1COCCN1.COC(=O)c1ccc(CN(C(=O)N2CCOCC2)c2ccc(F)c(Cl)c2)cn1.COC(=O)c1ccc(CNc2ccc(F)c(Cl)c2)cn1. The molecular weight excluding hydrogens is 749 g/mol. The molecule has 288 valence electrons. The van der Waals surface area contributed by atoms with E-state index in [9.17, 15) is 23.2 Å². The van der Waals surface area contributed by atoms with Crippen LogP contribution in [0.4, 0.5) is 25.0 Å². The first-order valence-corrected chi connectivity index (χ1v) is 17.5. The molecule has 0 saturated carbocycles. The Hall–Kier alpha value is -4.93. The van der Waals surface area contributed by atoms with Crippen molar-refractivity contribution in [2.75, 3.05) is 77.0 Å². The largest absolute Gasteiger partial charge is 0.464 e. The lowest BCUT2D eigenvalue weighted by Crippen LogP contribution is -2.48. The summed E-state index contributed by atoms with van der Waals surface area (Å²) in [5, 5.41) is 6.24. The number of hydrogen-bond acceptors (Lipinski definition) is 11. The number of esters is 2. The third-order valence-electron chi connectivity index (χ3n) is 7.77. The Morgan fingerprint density at radius 2 is 1.35 bits per heavy atom. The fraction of sp³-hybridized carbons (Fsp3) is 0.324. The molecule has 2 fully saturated rings. The maximum Gasteiger partial charge on any atom is 0.356 e. The number of morpholine rings is 2. The van der Waals surface area contributed by atoms with E-state index < -0.39 is 23.6 Å². The number of benzene rings is 2. The van der Waals surface area contributed by atoms with Crippen molar-refractivity contribution in [1.82, 2.24) is 20.2 Å². The lowest BCUT2D eigenvalue weighted by molar-refractivity contribution is 0.0548. The second-order valence-corrected chi connectivity index (χ2v) is 12.3. The monoisotopic (exact) mass is 788 g/mol. The first kappa shape index (κ1) is 41.8. The molecule has 0 atom stereocenters. The Morgan fingerprint density at radius 1 is 0.796 bits per heavy atom. The maximum absolute atomic E-state index is 13.6. The number of methoxy groups -OCH3 is 2. The zero-order valence-electron chi connectivity index (χ0n) is 29.7. The van der Waals surface area contributed by atoms with Crippen molar-refractivity contribution in [2.24, 2.45) is 0 Å². The summed E-state index contributed by atoms with van der Waals surface area (Å²) in [4.78, 5) is 47.1. The van der Waals surface area contributed by atoms with Crippen LogP contribution in [-0.4, -0.2) is 99.7 Å². The van der Waals surface area contributed by atoms with E-state index in [0.717, 1.165) is 31.9 Å². The van der Waals surface area contributed by atoms with Gasteiger partial charge in [0.15, 0.2) is 0 Å². The maximum atomic E-state index is 13.6. The highest BCUT2D eigenvalue weighted by Crippen LogP contribution is 2.26. The lowest BCUT2D eigenvalue weighted by Gasteiger charge is -2.33. The zero-order chi connectivity index (χ0) is 38.9. The topological polar surface area (TPSA) is 144 Å². The highest BCUT2D eigenvalue weighted by atomic mass is 35.5. The van der Waals surface area contributed by atoms with Gasteiger partial charge in [0.25, 0.3) is 0 Å². The van der Waals surface area contributed by atoms with E-state index in [1.807, 2.05) is 0 Å². The number of carbonyl (C=O) groups excluding carboxylic acids is 3. The van der Waals surface area contributed by atoms with Gasteiger partial charge in [0, 0.05) is 56.5 Å². The van der Waals surface area contributed by atoms with Gasteiger partial charge in [-0.05, 0) is 59.7 Å². The minimum absolute atomic E-state index is 0.0640. The molecule has 2 N–H and O–H groups in total. The van der Waals surface area contributed by atoms with Gasteiger partial charge >= 0.3 is 18.0 Å².